The molecular formula is C15H18N2O4. The zero-order valence-electron chi connectivity index (χ0n) is 12.3. The number of methoxy groups -OCH3 is 1. The van der Waals surface area contributed by atoms with Crippen molar-refractivity contribution >= 4 is 11.9 Å². The second kappa shape index (κ2) is 7.90. The molecule has 1 unspecified atom stereocenters. The highest BCUT2D eigenvalue weighted by Crippen LogP contribution is 2.14. The van der Waals surface area contributed by atoms with Gasteiger partial charge in [-0.1, -0.05) is 0 Å². The quantitative estimate of drug-likeness (QED) is 0.739. The van der Waals surface area contributed by atoms with E-state index in [0.29, 0.717) is 17.9 Å². The Labute approximate surface area is 123 Å². The van der Waals surface area contributed by atoms with Crippen molar-refractivity contribution in [2.75, 3.05) is 20.2 Å². The molecule has 1 aromatic carbocycles. The second-order valence-electron chi connectivity index (χ2n) is 4.32. The van der Waals surface area contributed by atoms with E-state index >= 15 is 0 Å². The molecular weight excluding hydrogens is 272 g/mol. The van der Waals surface area contributed by atoms with E-state index in [1.165, 1.54) is 12.0 Å². The van der Waals surface area contributed by atoms with Crippen LogP contribution in [0, 0.1) is 11.3 Å². The summed E-state index contributed by atoms with van der Waals surface area (Å²) < 4.78 is 10.1. The molecule has 1 aromatic rings. The molecule has 1 amide bonds. The van der Waals surface area contributed by atoms with E-state index in [0.717, 1.165) is 0 Å². The van der Waals surface area contributed by atoms with Crippen LogP contribution in [0.2, 0.25) is 0 Å². The lowest BCUT2D eigenvalue weighted by Gasteiger charge is -2.23. The maximum absolute atomic E-state index is 12.2. The van der Waals surface area contributed by atoms with Crippen molar-refractivity contribution < 1.29 is 19.1 Å². The van der Waals surface area contributed by atoms with Crippen LogP contribution in [0.25, 0.3) is 0 Å². The number of carbonyl (C=O) groups excluding carboxylic acids is 2. The third-order valence-corrected chi connectivity index (χ3v) is 2.89. The lowest BCUT2D eigenvalue weighted by molar-refractivity contribution is -0.149. The van der Waals surface area contributed by atoms with Gasteiger partial charge < -0.3 is 14.4 Å². The number of nitrogens with zero attached hydrogens (tertiary/aromatic N) is 2. The van der Waals surface area contributed by atoms with Gasteiger partial charge in [0.1, 0.15) is 12.3 Å². The molecule has 0 aromatic heterocycles. The average molecular weight is 290 g/mol. The standard InChI is InChI=1S/C15H18N2O4/c1-4-17(10-14(18)20-3)15(19)11(2)21-13-7-5-12(9-16)6-8-13/h5-8,11H,4,10H2,1-3H3. The van der Waals surface area contributed by atoms with Gasteiger partial charge in [0.25, 0.3) is 5.91 Å². The predicted octanol–water partition coefficient (Wildman–Crippen LogP) is 1.35. The first kappa shape index (κ1) is 16.5. The Morgan fingerprint density at radius 2 is 1.95 bits per heavy atom. The number of esters is 1. The summed E-state index contributed by atoms with van der Waals surface area (Å²) in [4.78, 5) is 24.8. The van der Waals surface area contributed by atoms with Crippen molar-refractivity contribution in [3.63, 3.8) is 0 Å². The fourth-order valence-electron chi connectivity index (χ4n) is 1.69. The predicted molar refractivity (Wildman–Crippen MR) is 75.5 cm³/mol. The van der Waals surface area contributed by atoms with Gasteiger partial charge in [0.15, 0.2) is 6.10 Å². The smallest absolute Gasteiger partial charge is 0.325 e. The van der Waals surface area contributed by atoms with Gasteiger partial charge in [0, 0.05) is 6.54 Å². The average Bonchev–Trinajstić information content (AvgIpc) is 2.52. The number of amides is 1. The molecule has 0 spiro atoms. The van der Waals surface area contributed by atoms with E-state index < -0.39 is 12.1 Å². The van der Waals surface area contributed by atoms with Crippen LogP contribution in [0.1, 0.15) is 19.4 Å². The summed E-state index contributed by atoms with van der Waals surface area (Å²) in [6, 6.07) is 8.47. The molecule has 0 N–H and O–H groups in total. The highest BCUT2D eigenvalue weighted by atomic mass is 16.5. The van der Waals surface area contributed by atoms with Crippen molar-refractivity contribution in [2.24, 2.45) is 0 Å². The minimum atomic E-state index is -0.734. The molecule has 112 valence electrons. The normalized spacial score (nSPS) is 11.1. The molecule has 0 aliphatic carbocycles. The Bertz CT molecular complexity index is 534. The summed E-state index contributed by atoms with van der Waals surface area (Å²) in [5.74, 6) is -0.285. The Morgan fingerprint density at radius 3 is 2.43 bits per heavy atom. The van der Waals surface area contributed by atoms with E-state index in [1.807, 2.05) is 6.07 Å². The fraction of sp³-hybridized carbons (Fsp3) is 0.400. The first-order valence-electron chi connectivity index (χ1n) is 6.54. The Hall–Kier alpha value is -2.55. The fourth-order valence-corrected chi connectivity index (χ4v) is 1.69. The molecule has 0 heterocycles. The lowest BCUT2D eigenvalue weighted by atomic mass is 10.2. The molecule has 21 heavy (non-hydrogen) atoms. The van der Waals surface area contributed by atoms with Gasteiger partial charge in [-0.05, 0) is 38.1 Å². The van der Waals surface area contributed by atoms with Gasteiger partial charge in [0.2, 0.25) is 0 Å². The highest BCUT2D eigenvalue weighted by Gasteiger charge is 2.23. The monoisotopic (exact) mass is 290 g/mol. The summed E-state index contributed by atoms with van der Waals surface area (Å²) in [6.07, 6.45) is -0.734. The van der Waals surface area contributed by atoms with Crippen LogP contribution in [0.4, 0.5) is 0 Å². The Kier molecular flexibility index (Phi) is 6.21. The van der Waals surface area contributed by atoms with Crippen LogP contribution in [0.3, 0.4) is 0 Å². The van der Waals surface area contributed by atoms with E-state index in [1.54, 1.807) is 38.1 Å². The molecule has 0 aliphatic rings. The van der Waals surface area contributed by atoms with Crippen LogP contribution in [-0.4, -0.2) is 43.1 Å². The number of likely N-dealkylation sites (N-methyl/N-ethyl adjacent to an activating group) is 1. The molecule has 0 radical (unpaired) electrons. The van der Waals surface area contributed by atoms with Crippen molar-refractivity contribution in [1.82, 2.24) is 4.90 Å². The minimum Gasteiger partial charge on any atom is -0.481 e. The van der Waals surface area contributed by atoms with Gasteiger partial charge in [-0.15, -0.1) is 0 Å². The summed E-state index contributed by atoms with van der Waals surface area (Å²) in [6.45, 7) is 3.66. The van der Waals surface area contributed by atoms with Gasteiger partial charge in [0.05, 0.1) is 18.7 Å². The molecule has 0 bridgehead atoms. The van der Waals surface area contributed by atoms with Crippen molar-refractivity contribution in [1.29, 1.82) is 5.26 Å². The second-order valence-corrected chi connectivity index (χ2v) is 4.32. The van der Waals surface area contributed by atoms with Crippen LogP contribution < -0.4 is 4.74 Å². The van der Waals surface area contributed by atoms with Crippen molar-refractivity contribution in [3.05, 3.63) is 29.8 Å². The van der Waals surface area contributed by atoms with Gasteiger partial charge >= 0.3 is 5.97 Å². The number of carbonyl (C=O) groups is 2. The number of nitriles is 1. The van der Waals surface area contributed by atoms with Crippen LogP contribution in [-0.2, 0) is 14.3 Å². The molecule has 0 saturated carbocycles. The molecule has 1 rings (SSSR count). The molecule has 0 fully saturated rings. The molecule has 6 heteroatoms. The maximum atomic E-state index is 12.2. The molecule has 0 aliphatic heterocycles. The molecule has 1 atom stereocenters. The first-order chi connectivity index (χ1) is 10.0. The SMILES string of the molecule is CCN(CC(=O)OC)C(=O)C(C)Oc1ccc(C#N)cc1. The molecule has 0 saturated heterocycles. The van der Waals surface area contributed by atoms with Gasteiger partial charge in [-0.2, -0.15) is 5.26 Å². The summed E-state index contributed by atoms with van der Waals surface area (Å²) >= 11 is 0. The van der Waals surface area contributed by atoms with E-state index in [9.17, 15) is 9.59 Å². The van der Waals surface area contributed by atoms with Crippen LogP contribution >= 0.6 is 0 Å². The largest absolute Gasteiger partial charge is 0.481 e. The summed E-state index contributed by atoms with van der Waals surface area (Å²) in [5.41, 5.74) is 0.516. The number of ether oxygens (including phenoxy) is 2. The number of rotatable bonds is 6. The van der Waals surface area contributed by atoms with Gasteiger partial charge in [-0.25, -0.2) is 0 Å². The van der Waals surface area contributed by atoms with E-state index in [-0.39, 0.29) is 12.5 Å². The topological polar surface area (TPSA) is 79.6 Å². The van der Waals surface area contributed by atoms with E-state index in [2.05, 4.69) is 4.74 Å². The minimum absolute atomic E-state index is 0.104. The zero-order valence-corrected chi connectivity index (χ0v) is 12.3. The molecule has 6 nitrogen and oxygen atoms in total. The third-order valence-electron chi connectivity index (χ3n) is 2.89. The van der Waals surface area contributed by atoms with E-state index in [4.69, 9.17) is 10.00 Å². The number of hydrogen-bond donors (Lipinski definition) is 0. The van der Waals surface area contributed by atoms with Crippen LogP contribution in [0.15, 0.2) is 24.3 Å². The maximum Gasteiger partial charge on any atom is 0.325 e. The first-order valence-corrected chi connectivity index (χ1v) is 6.54. The summed E-state index contributed by atoms with van der Waals surface area (Å²) in [7, 11) is 1.28. The Balaban J connectivity index is 2.67. The summed E-state index contributed by atoms with van der Waals surface area (Å²) in [5, 5.41) is 8.72. The van der Waals surface area contributed by atoms with Crippen molar-refractivity contribution in [3.8, 4) is 11.8 Å². The lowest BCUT2D eigenvalue weighted by Crippen LogP contribution is -2.43. The number of hydrogen-bond acceptors (Lipinski definition) is 5. The number of benzene rings is 1. The Morgan fingerprint density at radius 1 is 1.33 bits per heavy atom. The zero-order chi connectivity index (χ0) is 15.8. The van der Waals surface area contributed by atoms with Crippen LogP contribution in [0.5, 0.6) is 5.75 Å². The van der Waals surface area contributed by atoms with Crippen molar-refractivity contribution in [2.45, 2.75) is 20.0 Å². The van der Waals surface area contributed by atoms with Gasteiger partial charge in [-0.3, -0.25) is 9.59 Å². The highest BCUT2D eigenvalue weighted by molar-refractivity contribution is 5.85. The third kappa shape index (κ3) is 4.80.